The number of hydrogen-bond acceptors (Lipinski definition) is 2. The van der Waals surface area contributed by atoms with Crippen LogP contribution in [-0.2, 0) is 0 Å². The van der Waals surface area contributed by atoms with Crippen molar-refractivity contribution in [1.29, 1.82) is 0 Å². The number of allylic oxidation sites excluding steroid dienone is 1. The molecule has 13 rings (SSSR count). The van der Waals surface area contributed by atoms with Gasteiger partial charge in [0.25, 0.3) is 0 Å². The highest BCUT2D eigenvalue weighted by Crippen LogP contribution is 2.39. The fourth-order valence-electron chi connectivity index (χ4n) is 10.1. The highest BCUT2D eigenvalue weighted by atomic mass is 15.1. The van der Waals surface area contributed by atoms with Crippen LogP contribution in [0.4, 0.5) is 0 Å². The number of hydrogen-bond donors (Lipinski definition) is 0. The van der Waals surface area contributed by atoms with Crippen molar-refractivity contribution in [1.82, 2.24) is 23.3 Å². The largest absolute Gasteiger partial charge is 0.322 e. The summed E-state index contributed by atoms with van der Waals surface area (Å²) in [6.07, 6.45) is 11.9. The van der Waals surface area contributed by atoms with Crippen LogP contribution < -0.4 is 0 Å². The molecule has 8 aromatic carbocycles. The van der Waals surface area contributed by atoms with E-state index in [9.17, 15) is 0 Å². The zero-order valence-corrected chi connectivity index (χ0v) is 37.0. The Morgan fingerprint density at radius 1 is 0.441 bits per heavy atom. The maximum Gasteiger partial charge on any atom is 0.137 e. The summed E-state index contributed by atoms with van der Waals surface area (Å²) in [7, 11) is 0. The molecular weight excluding hydrogens is 829 g/mol. The fourth-order valence-corrected chi connectivity index (χ4v) is 10.1. The lowest BCUT2D eigenvalue weighted by Crippen LogP contribution is -1.97. The zero-order valence-electron chi connectivity index (χ0n) is 37.0. The first-order valence-electron chi connectivity index (χ1n) is 22.9. The molecule has 0 aliphatic rings. The van der Waals surface area contributed by atoms with Crippen LogP contribution >= 0.6 is 0 Å². The first kappa shape index (κ1) is 39.1. The molecule has 6 nitrogen and oxygen atoms in total. The second kappa shape index (κ2) is 16.0. The number of para-hydroxylation sites is 3. The summed E-state index contributed by atoms with van der Waals surface area (Å²) in [6, 6.07) is 73.6. The lowest BCUT2D eigenvalue weighted by molar-refractivity contribution is 1.04. The third-order valence-electron chi connectivity index (χ3n) is 13.3. The van der Waals surface area contributed by atoms with E-state index in [4.69, 9.17) is 9.98 Å². The van der Waals surface area contributed by atoms with Crippen LogP contribution in [0.1, 0.15) is 5.56 Å². The number of pyridine rings is 1. The summed E-state index contributed by atoms with van der Waals surface area (Å²) >= 11 is 0. The van der Waals surface area contributed by atoms with E-state index in [0.29, 0.717) is 0 Å². The molecule has 0 saturated heterocycles. The van der Waals surface area contributed by atoms with Crippen LogP contribution in [-0.4, -0.2) is 29.0 Å². The van der Waals surface area contributed by atoms with Gasteiger partial charge >= 0.3 is 0 Å². The summed E-state index contributed by atoms with van der Waals surface area (Å²) in [5, 5.41) is 7.24. The van der Waals surface area contributed by atoms with E-state index < -0.39 is 0 Å². The van der Waals surface area contributed by atoms with Crippen molar-refractivity contribution in [3.63, 3.8) is 0 Å². The summed E-state index contributed by atoms with van der Waals surface area (Å²) in [5.41, 5.74) is 15.5. The lowest BCUT2D eigenvalue weighted by Gasteiger charge is -2.11. The summed E-state index contributed by atoms with van der Waals surface area (Å²) < 4.78 is 9.09. The van der Waals surface area contributed by atoms with Crippen molar-refractivity contribution < 1.29 is 0 Å². The maximum atomic E-state index is 5.07. The van der Waals surface area contributed by atoms with Gasteiger partial charge in [0, 0.05) is 85.8 Å². The first-order chi connectivity index (χ1) is 33.7. The van der Waals surface area contributed by atoms with Gasteiger partial charge < -0.3 is 18.3 Å². The van der Waals surface area contributed by atoms with E-state index in [1.54, 1.807) is 6.08 Å². The Hall–Kier alpha value is -9.26. The second-order valence-corrected chi connectivity index (χ2v) is 17.2. The van der Waals surface area contributed by atoms with Gasteiger partial charge in [0.15, 0.2) is 0 Å². The van der Waals surface area contributed by atoms with E-state index in [2.05, 4.69) is 213 Å². The average Bonchev–Trinajstić information content (AvgIpc) is 4.17. The molecule has 0 amide bonds. The van der Waals surface area contributed by atoms with Gasteiger partial charge in [-0.1, -0.05) is 122 Å². The predicted octanol–water partition coefficient (Wildman–Crippen LogP) is 15.6. The maximum absolute atomic E-state index is 5.07. The van der Waals surface area contributed by atoms with Crippen LogP contribution in [0.2, 0.25) is 0 Å². The molecule has 0 radical (unpaired) electrons. The second-order valence-electron chi connectivity index (χ2n) is 17.2. The van der Waals surface area contributed by atoms with Crippen molar-refractivity contribution in [2.75, 3.05) is 0 Å². The summed E-state index contributed by atoms with van der Waals surface area (Å²) in [5.74, 6) is 0.875. The quantitative estimate of drug-likeness (QED) is 0.133. The van der Waals surface area contributed by atoms with Crippen molar-refractivity contribution in [2.45, 2.75) is 0 Å². The number of fused-ring (bicyclic) bond motifs is 8. The monoisotopic (exact) mass is 870 g/mol. The Balaban J connectivity index is 0.855. The third-order valence-corrected chi connectivity index (χ3v) is 13.3. The highest BCUT2D eigenvalue weighted by molar-refractivity contribution is 6.15. The van der Waals surface area contributed by atoms with Gasteiger partial charge in [-0.2, -0.15) is 0 Å². The topological polar surface area (TPSA) is 45.0 Å². The highest BCUT2D eigenvalue weighted by Gasteiger charge is 2.18. The minimum absolute atomic E-state index is 0.827. The zero-order chi connectivity index (χ0) is 45.1. The van der Waals surface area contributed by atoms with Crippen molar-refractivity contribution in [3.05, 3.63) is 249 Å². The minimum atomic E-state index is 0.827. The number of aliphatic imine (C=N–C) groups is 1. The Labute approximate surface area is 392 Å². The molecular formula is C62H42N6. The molecule has 0 N–H and O–H groups in total. The molecule has 0 atom stereocenters. The van der Waals surface area contributed by atoms with Crippen LogP contribution in [0.25, 0.3) is 111 Å². The molecule has 0 aliphatic heterocycles. The molecule has 5 heterocycles. The molecule has 5 aromatic heterocycles. The number of nitrogens with zero attached hydrogens (tertiary/aromatic N) is 6. The first-order valence-corrected chi connectivity index (χ1v) is 22.9. The van der Waals surface area contributed by atoms with Gasteiger partial charge in [0.05, 0.1) is 38.8 Å². The van der Waals surface area contributed by atoms with Gasteiger partial charge in [-0.15, -0.1) is 0 Å². The molecule has 68 heavy (non-hydrogen) atoms. The predicted molar refractivity (Wildman–Crippen MR) is 285 cm³/mol. The lowest BCUT2D eigenvalue weighted by atomic mass is 9.99. The summed E-state index contributed by atoms with van der Waals surface area (Å²) in [4.78, 5) is 9.82. The third kappa shape index (κ3) is 6.50. The molecule has 13 aromatic rings. The van der Waals surface area contributed by atoms with Crippen molar-refractivity contribution in [3.8, 4) is 39.4 Å². The average molecular weight is 871 g/mol. The van der Waals surface area contributed by atoms with E-state index in [0.717, 1.165) is 78.2 Å². The molecule has 6 heteroatoms. The smallest absolute Gasteiger partial charge is 0.137 e. The molecule has 0 bridgehead atoms. The molecule has 0 aliphatic carbocycles. The Morgan fingerprint density at radius 2 is 1.03 bits per heavy atom. The Bertz CT molecular complexity index is 4130. The molecule has 0 fully saturated rings. The molecule has 320 valence electrons. The Kier molecular flexibility index (Phi) is 9.22. The van der Waals surface area contributed by atoms with Gasteiger partial charge in [-0.25, -0.2) is 4.98 Å². The van der Waals surface area contributed by atoms with E-state index in [1.165, 1.54) is 38.0 Å². The van der Waals surface area contributed by atoms with Crippen LogP contribution in [0.5, 0.6) is 0 Å². The number of aromatic nitrogens is 5. The van der Waals surface area contributed by atoms with Gasteiger partial charge in [-0.05, 0) is 114 Å². The Morgan fingerprint density at radius 3 is 1.75 bits per heavy atom. The van der Waals surface area contributed by atoms with E-state index in [-0.39, 0.29) is 0 Å². The standard InChI is InChI=1S/C62H42N6/c1-2-55(42-15-6-3-7-16-42)63-31-34-65-32-29-46-36-54-52-27-25-45(38-59(52)68(60(54)39-57(46)65)50-21-10-5-11-22-50)43-17-14-18-44(35-43)48-26-28-62(64-41-48)66-33-30-47-37-53-51-23-12-13-24-56(51)67(61(53)40-58(47)66)49-19-8-4-9-20-49/h2-41H,1H2/b34-31+,63-55?. The van der Waals surface area contributed by atoms with E-state index >= 15 is 0 Å². The van der Waals surface area contributed by atoms with Crippen molar-refractivity contribution in [2.24, 2.45) is 4.99 Å². The molecule has 0 saturated carbocycles. The van der Waals surface area contributed by atoms with Crippen molar-refractivity contribution >= 4 is 77.3 Å². The number of benzene rings is 8. The van der Waals surface area contributed by atoms with Crippen LogP contribution in [0, 0.1) is 0 Å². The normalized spacial score (nSPS) is 12.2. The molecule has 0 unspecified atom stereocenters. The molecule has 0 spiro atoms. The van der Waals surface area contributed by atoms with Gasteiger partial charge in [0.1, 0.15) is 5.82 Å². The van der Waals surface area contributed by atoms with Gasteiger partial charge in [0.2, 0.25) is 0 Å². The fraction of sp³-hybridized carbons (Fsp3) is 0. The minimum Gasteiger partial charge on any atom is -0.322 e. The van der Waals surface area contributed by atoms with Crippen LogP contribution in [0.15, 0.2) is 249 Å². The summed E-state index contributed by atoms with van der Waals surface area (Å²) in [6.45, 7) is 4.00. The van der Waals surface area contributed by atoms with E-state index in [1.807, 2.05) is 48.9 Å². The SMILES string of the molecule is C=CC(=N/C=C/n1ccc2cc3c4ccc(-c5cccc(-c6ccc(-n7ccc8cc9c%10ccccc%10n(-c%10ccccc%10)c9cc87)nc6)c5)cc4n(-c4ccccc4)c3cc21)c1ccccc1. The van der Waals surface area contributed by atoms with Crippen LogP contribution in [0.3, 0.4) is 0 Å². The number of rotatable bonds is 9. The van der Waals surface area contributed by atoms with Gasteiger partial charge in [-0.3, -0.25) is 4.99 Å².